The standard InChI is InChI=1S/C17H15N3O3/c1-23-17(22)15(10-12-5-7-13(11-18)8-6-12)20-16(21)14-4-2-3-9-19-14/h2-9,15H,10H2,1H3,(H,20,21)/t15-/m1/s1. The molecule has 0 aliphatic rings. The van der Waals surface area contributed by atoms with Crippen LogP contribution in [0.1, 0.15) is 21.6 Å². The number of amides is 1. The molecular formula is C17H15N3O3. The van der Waals surface area contributed by atoms with Crippen LogP contribution in [0, 0.1) is 11.3 Å². The maximum absolute atomic E-state index is 12.1. The van der Waals surface area contributed by atoms with E-state index in [1.54, 1.807) is 42.5 Å². The van der Waals surface area contributed by atoms with Crippen LogP contribution in [0.3, 0.4) is 0 Å². The summed E-state index contributed by atoms with van der Waals surface area (Å²) in [6.45, 7) is 0. The Kier molecular flexibility index (Phi) is 5.42. The minimum absolute atomic E-state index is 0.223. The molecule has 0 saturated heterocycles. The molecule has 116 valence electrons. The summed E-state index contributed by atoms with van der Waals surface area (Å²) in [4.78, 5) is 28.0. The summed E-state index contributed by atoms with van der Waals surface area (Å²) < 4.78 is 4.74. The number of nitrogens with one attached hydrogen (secondary N) is 1. The monoisotopic (exact) mass is 309 g/mol. The van der Waals surface area contributed by atoms with Crippen molar-refractivity contribution in [3.8, 4) is 6.07 Å². The molecular weight excluding hydrogens is 294 g/mol. The van der Waals surface area contributed by atoms with Crippen molar-refractivity contribution < 1.29 is 14.3 Å². The summed E-state index contributed by atoms with van der Waals surface area (Å²) in [7, 11) is 1.26. The summed E-state index contributed by atoms with van der Waals surface area (Å²) in [5, 5.41) is 11.4. The Morgan fingerprint density at radius 1 is 1.26 bits per heavy atom. The van der Waals surface area contributed by atoms with Crippen molar-refractivity contribution in [3.63, 3.8) is 0 Å². The Morgan fingerprint density at radius 2 is 2.00 bits per heavy atom. The second-order valence-corrected chi connectivity index (χ2v) is 4.78. The van der Waals surface area contributed by atoms with E-state index in [9.17, 15) is 9.59 Å². The van der Waals surface area contributed by atoms with E-state index in [0.717, 1.165) is 5.56 Å². The van der Waals surface area contributed by atoms with Gasteiger partial charge in [-0.3, -0.25) is 9.78 Å². The average molecular weight is 309 g/mol. The zero-order valence-electron chi connectivity index (χ0n) is 12.5. The van der Waals surface area contributed by atoms with Gasteiger partial charge >= 0.3 is 5.97 Å². The van der Waals surface area contributed by atoms with Crippen LogP contribution in [0.15, 0.2) is 48.7 Å². The van der Waals surface area contributed by atoms with Crippen LogP contribution in [-0.2, 0) is 16.0 Å². The van der Waals surface area contributed by atoms with Gasteiger partial charge in [0.1, 0.15) is 11.7 Å². The third-order valence-corrected chi connectivity index (χ3v) is 3.21. The van der Waals surface area contributed by atoms with Crippen LogP contribution in [-0.4, -0.2) is 30.0 Å². The number of nitrogens with zero attached hydrogens (tertiary/aromatic N) is 2. The quantitative estimate of drug-likeness (QED) is 0.844. The van der Waals surface area contributed by atoms with E-state index in [4.69, 9.17) is 10.00 Å². The molecule has 0 radical (unpaired) electrons. The third kappa shape index (κ3) is 4.38. The molecule has 0 aliphatic carbocycles. The van der Waals surface area contributed by atoms with E-state index >= 15 is 0 Å². The number of hydrogen-bond acceptors (Lipinski definition) is 5. The first-order chi connectivity index (χ1) is 11.1. The molecule has 1 amide bonds. The Labute approximate surface area is 133 Å². The van der Waals surface area contributed by atoms with Gasteiger partial charge in [0.25, 0.3) is 5.91 Å². The maximum Gasteiger partial charge on any atom is 0.328 e. The minimum atomic E-state index is -0.831. The van der Waals surface area contributed by atoms with E-state index in [1.807, 2.05) is 6.07 Å². The summed E-state index contributed by atoms with van der Waals surface area (Å²) >= 11 is 0. The van der Waals surface area contributed by atoms with Crippen molar-refractivity contribution in [1.82, 2.24) is 10.3 Å². The van der Waals surface area contributed by atoms with E-state index in [-0.39, 0.29) is 12.1 Å². The summed E-state index contributed by atoms with van der Waals surface area (Å²) in [5.74, 6) is -0.992. The highest BCUT2D eigenvalue weighted by molar-refractivity contribution is 5.95. The molecule has 23 heavy (non-hydrogen) atoms. The molecule has 0 bridgehead atoms. The predicted octanol–water partition coefficient (Wildman–Crippen LogP) is 1.47. The normalized spacial score (nSPS) is 11.1. The van der Waals surface area contributed by atoms with Crippen LogP contribution < -0.4 is 5.32 Å². The van der Waals surface area contributed by atoms with Crippen LogP contribution in [0.4, 0.5) is 0 Å². The van der Waals surface area contributed by atoms with Crippen molar-refractivity contribution in [3.05, 3.63) is 65.5 Å². The Morgan fingerprint density at radius 3 is 2.57 bits per heavy atom. The minimum Gasteiger partial charge on any atom is -0.467 e. The highest BCUT2D eigenvalue weighted by Gasteiger charge is 2.23. The number of esters is 1. The van der Waals surface area contributed by atoms with Crippen molar-refractivity contribution in [2.75, 3.05) is 7.11 Å². The zero-order valence-corrected chi connectivity index (χ0v) is 12.5. The fourth-order valence-electron chi connectivity index (χ4n) is 2.02. The molecule has 2 aromatic rings. The van der Waals surface area contributed by atoms with Gasteiger partial charge in [-0.2, -0.15) is 5.26 Å². The molecule has 1 heterocycles. The average Bonchev–Trinajstić information content (AvgIpc) is 2.61. The van der Waals surface area contributed by atoms with Crippen molar-refractivity contribution >= 4 is 11.9 Å². The van der Waals surface area contributed by atoms with Gasteiger partial charge in [-0.1, -0.05) is 18.2 Å². The summed E-state index contributed by atoms with van der Waals surface area (Å²) in [5.41, 5.74) is 1.56. The topological polar surface area (TPSA) is 92.1 Å². The fraction of sp³-hybridized carbons (Fsp3) is 0.176. The molecule has 2 rings (SSSR count). The highest BCUT2D eigenvalue weighted by Crippen LogP contribution is 2.08. The van der Waals surface area contributed by atoms with Gasteiger partial charge in [0.2, 0.25) is 0 Å². The molecule has 1 atom stereocenters. The molecule has 1 N–H and O–H groups in total. The third-order valence-electron chi connectivity index (χ3n) is 3.21. The predicted molar refractivity (Wildman–Crippen MR) is 82.4 cm³/mol. The second-order valence-electron chi connectivity index (χ2n) is 4.78. The number of hydrogen-bond donors (Lipinski definition) is 1. The number of pyridine rings is 1. The molecule has 0 aliphatic heterocycles. The lowest BCUT2D eigenvalue weighted by atomic mass is 10.0. The Balaban J connectivity index is 2.12. The van der Waals surface area contributed by atoms with Crippen LogP contribution >= 0.6 is 0 Å². The molecule has 6 nitrogen and oxygen atoms in total. The van der Waals surface area contributed by atoms with E-state index in [0.29, 0.717) is 5.56 Å². The Bertz CT molecular complexity index is 721. The summed E-state index contributed by atoms with van der Waals surface area (Å²) in [6.07, 6.45) is 1.76. The van der Waals surface area contributed by atoms with Crippen molar-refractivity contribution in [1.29, 1.82) is 5.26 Å². The molecule has 0 saturated carbocycles. The molecule has 0 fully saturated rings. The van der Waals surface area contributed by atoms with Gasteiger partial charge in [0.05, 0.1) is 18.7 Å². The van der Waals surface area contributed by atoms with Gasteiger partial charge in [-0.05, 0) is 29.8 Å². The lowest BCUT2D eigenvalue weighted by molar-refractivity contribution is -0.142. The number of ether oxygens (including phenoxy) is 1. The fourth-order valence-corrected chi connectivity index (χ4v) is 2.02. The second kappa shape index (κ2) is 7.71. The van der Waals surface area contributed by atoms with E-state index in [1.165, 1.54) is 13.3 Å². The number of carbonyl (C=O) groups excluding carboxylic acids is 2. The zero-order chi connectivity index (χ0) is 16.7. The number of carbonyl (C=O) groups is 2. The van der Waals surface area contributed by atoms with Gasteiger partial charge in [0.15, 0.2) is 0 Å². The first kappa shape index (κ1) is 16.2. The van der Waals surface area contributed by atoms with Crippen LogP contribution in [0.5, 0.6) is 0 Å². The van der Waals surface area contributed by atoms with Gasteiger partial charge in [-0.15, -0.1) is 0 Å². The lowest BCUT2D eigenvalue weighted by Crippen LogP contribution is -2.43. The number of rotatable bonds is 5. The Hall–Kier alpha value is -3.20. The smallest absolute Gasteiger partial charge is 0.328 e. The van der Waals surface area contributed by atoms with Crippen LogP contribution in [0.25, 0.3) is 0 Å². The number of methoxy groups -OCH3 is 1. The molecule has 6 heteroatoms. The molecule has 1 aromatic carbocycles. The first-order valence-electron chi connectivity index (χ1n) is 6.93. The molecule has 0 unspecified atom stereocenters. The largest absolute Gasteiger partial charge is 0.467 e. The number of aromatic nitrogens is 1. The highest BCUT2D eigenvalue weighted by atomic mass is 16.5. The van der Waals surface area contributed by atoms with Crippen molar-refractivity contribution in [2.24, 2.45) is 0 Å². The number of benzene rings is 1. The summed E-state index contributed by atoms with van der Waals surface area (Å²) in [6, 6.07) is 12.9. The molecule has 0 spiro atoms. The first-order valence-corrected chi connectivity index (χ1v) is 6.93. The van der Waals surface area contributed by atoms with E-state index in [2.05, 4.69) is 10.3 Å². The van der Waals surface area contributed by atoms with E-state index < -0.39 is 17.9 Å². The maximum atomic E-state index is 12.1. The van der Waals surface area contributed by atoms with Crippen LogP contribution in [0.2, 0.25) is 0 Å². The van der Waals surface area contributed by atoms with Gasteiger partial charge in [0, 0.05) is 12.6 Å². The van der Waals surface area contributed by atoms with Gasteiger partial charge in [-0.25, -0.2) is 4.79 Å². The lowest BCUT2D eigenvalue weighted by Gasteiger charge is -2.16. The SMILES string of the molecule is COC(=O)[C@@H](Cc1ccc(C#N)cc1)NC(=O)c1ccccn1. The molecule has 1 aromatic heterocycles. The number of nitriles is 1. The van der Waals surface area contributed by atoms with Crippen molar-refractivity contribution in [2.45, 2.75) is 12.5 Å². The van der Waals surface area contributed by atoms with Gasteiger partial charge < -0.3 is 10.1 Å².